The maximum Gasteiger partial charge on any atom is 0.252 e. The van der Waals surface area contributed by atoms with E-state index in [0.29, 0.717) is 43.0 Å². The molecule has 7 nitrogen and oxygen atoms in total. The van der Waals surface area contributed by atoms with Gasteiger partial charge in [0.1, 0.15) is 4.21 Å². The average Bonchev–Trinajstić information content (AvgIpc) is 3.16. The normalized spacial score (nSPS) is 22.8. The van der Waals surface area contributed by atoms with Crippen LogP contribution in [-0.2, 0) is 21.3 Å². The Hall–Kier alpha value is -1.16. The van der Waals surface area contributed by atoms with Gasteiger partial charge in [-0.3, -0.25) is 0 Å². The first-order chi connectivity index (χ1) is 13.0. The van der Waals surface area contributed by atoms with Crippen molar-refractivity contribution in [1.29, 1.82) is 0 Å². The Kier molecular flexibility index (Phi) is 7.13. The average molecular weight is 415 g/mol. The number of hydrogen-bond acceptors (Lipinski definition) is 5. The Morgan fingerprint density at radius 3 is 2.81 bits per heavy atom. The third-order valence-electron chi connectivity index (χ3n) is 4.88. The van der Waals surface area contributed by atoms with Crippen LogP contribution in [0.5, 0.6) is 0 Å². The lowest BCUT2D eigenvalue weighted by atomic mass is 10.0. The highest BCUT2D eigenvalue weighted by Gasteiger charge is 2.27. The molecule has 1 aromatic rings. The van der Waals surface area contributed by atoms with Gasteiger partial charge in [0.2, 0.25) is 0 Å². The van der Waals surface area contributed by atoms with Gasteiger partial charge in [-0.15, -0.1) is 11.3 Å². The number of rotatable bonds is 5. The van der Waals surface area contributed by atoms with E-state index >= 15 is 0 Å². The second-order valence-electron chi connectivity index (χ2n) is 7.10. The summed E-state index contributed by atoms with van der Waals surface area (Å²) in [5, 5.41) is 3.37. The molecule has 1 aromatic heterocycles. The minimum atomic E-state index is -3.42. The van der Waals surface area contributed by atoms with Crippen LogP contribution in [0.1, 0.15) is 31.6 Å². The third-order valence-corrected chi connectivity index (χ3v) is 8.31. The fraction of sp³-hybridized carbons (Fsp3) is 0.722. The standard InChI is InChI=1S/C18H30N4O3S2/c1-3-19-18(21-8-4-5-15(2)14-21)20-13-16-6-7-17(26-16)27(23,24)22-9-11-25-12-10-22/h6-7,15H,3-5,8-14H2,1-2H3,(H,19,20). The van der Waals surface area contributed by atoms with Gasteiger partial charge in [-0.05, 0) is 37.8 Å². The number of piperidine rings is 1. The summed E-state index contributed by atoms with van der Waals surface area (Å²) >= 11 is 1.32. The van der Waals surface area contributed by atoms with Crippen LogP contribution in [0.4, 0.5) is 0 Å². The van der Waals surface area contributed by atoms with Crippen LogP contribution < -0.4 is 5.32 Å². The largest absolute Gasteiger partial charge is 0.379 e. The summed E-state index contributed by atoms with van der Waals surface area (Å²) in [7, 11) is -3.42. The van der Waals surface area contributed by atoms with Crippen molar-refractivity contribution in [3.8, 4) is 0 Å². The number of morpholine rings is 1. The van der Waals surface area contributed by atoms with Crippen molar-refractivity contribution in [1.82, 2.24) is 14.5 Å². The van der Waals surface area contributed by atoms with E-state index < -0.39 is 10.0 Å². The minimum Gasteiger partial charge on any atom is -0.379 e. The molecule has 2 aliphatic heterocycles. The van der Waals surface area contributed by atoms with E-state index in [0.717, 1.165) is 30.5 Å². The van der Waals surface area contributed by atoms with Crippen molar-refractivity contribution >= 4 is 27.3 Å². The van der Waals surface area contributed by atoms with Gasteiger partial charge < -0.3 is 15.0 Å². The number of guanidine groups is 1. The van der Waals surface area contributed by atoms with Crippen LogP contribution in [0, 0.1) is 5.92 Å². The van der Waals surface area contributed by atoms with Crippen LogP contribution in [0.3, 0.4) is 0 Å². The zero-order chi connectivity index (χ0) is 19.3. The van der Waals surface area contributed by atoms with Crippen LogP contribution in [0.25, 0.3) is 0 Å². The summed E-state index contributed by atoms with van der Waals surface area (Å²) in [6.45, 7) is 9.48. The summed E-state index contributed by atoms with van der Waals surface area (Å²) in [6.07, 6.45) is 2.45. The molecule has 27 heavy (non-hydrogen) atoms. The SMILES string of the molecule is CCNC(=NCc1ccc(S(=O)(=O)N2CCOCC2)s1)N1CCCC(C)C1. The molecule has 3 heterocycles. The third kappa shape index (κ3) is 5.22. The Labute approximate surface area is 166 Å². The molecule has 0 aromatic carbocycles. The van der Waals surface area contributed by atoms with Crippen LogP contribution in [0.2, 0.25) is 0 Å². The predicted octanol–water partition coefficient (Wildman–Crippen LogP) is 1.97. The van der Waals surface area contributed by atoms with Crippen molar-refractivity contribution in [3.05, 3.63) is 17.0 Å². The van der Waals surface area contributed by atoms with Crippen molar-refractivity contribution in [2.24, 2.45) is 10.9 Å². The maximum absolute atomic E-state index is 12.7. The zero-order valence-corrected chi connectivity index (χ0v) is 17.8. The molecular weight excluding hydrogens is 384 g/mol. The number of ether oxygens (including phenoxy) is 1. The molecule has 9 heteroatoms. The topological polar surface area (TPSA) is 74.2 Å². The Balaban J connectivity index is 1.69. The molecule has 2 aliphatic rings. The van der Waals surface area contributed by atoms with Crippen molar-refractivity contribution in [2.75, 3.05) is 45.9 Å². The molecule has 1 N–H and O–H groups in total. The van der Waals surface area contributed by atoms with E-state index in [9.17, 15) is 8.42 Å². The van der Waals surface area contributed by atoms with E-state index in [-0.39, 0.29) is 0 Å². The fourth-order valence-electron chi connectivity index (χ4n) is 3.46. The maximum atomic E-state index is 12.7. The molecule has 0 spiro atoms. The van der Waals surface area contributed by atoms with Crippen molar-refractivity contribution in [2.45, 2.75) is 37.4 Å². The minimum absolute atomic E-state index is 0.395. The molecule has 0 bridgehead atoms. The first-order valence-corrected chi connectivity index (χ1v) is 12.0. The lowest BCUT2D eigenvalue weighted by Crippen LogP contribution is -2.46. The van der Waals surface area contributed by atoms with E-state index in [2.05, 4.69) is 24.1 Å². The van der Waals surface area contributed by atoms with Gasteiger partial charge in [-0.2, -0.15) is 4.31 Å². The van der Waals surface area contributed by atoms with Crippen LogP contribution in [-0.4, -0.2) is 69.5 Å². The zero-order valence-electron chi connectivity index (χ0n) is 16.2. The number of thiophene rings is 1. The molecular formula is C18H30N4O3S2. The quantitative estimate of drug-likeness (QED) is 0.589. The number of nitrogens with zero attached hydrogens (tertiary/aromatic N) is 3. The summed E-state index contributed by atoms with van der Waals surface area (Å²) in [4.78, 5) is 8.04. The highest BCUT2D eigenvalue weighted by molar-refractivity contribution is 7.91. The highest BCUT2D eigenvalue weighted by atomic mass is 32.2. The molecule has 152 valence electrons. The van der Waals surface area contributed by atoms with Crippen molar-refractivity contribution < 1.29 is 13.2 Å². The van der Waals surface area contributed by atoms with E-state index in [1.54, 1.807) is 6.07 Å². The van der Waals surface area contributed by atoms with Crippen LogP contribution in [0.15, 0.2) is 21.3 Å². The van der Waals surface area contributed by atoms with E-state index in [1.807, 2.05) is 6.07 Å². The predicted molar refractivity (Wildman–Crippen MR) is 109 cm³/mol. The molecule has 1 atom stereocenters. The summed E-state index contributed by atoms with van der Waals surface area (Å²) < 4.78 is 32.7. The van der Waals surface area contributed by atoms with Crippen LogP contribution >= 0.6 is 11.3 Å². The molecule has 0 aliphatic carbocycles. The Morgan fingerprint density at radius 1 is 1.33 bits per heavy atom. The number of nitrogens with one attached hydrogen (secondary N) is 1. The Morgan fingerprint density at radius 2 is 2.11 bits per heavy atom. The number of likely N-dealkylation sites (tertiary alicyclic amines) is 1. The first kappa shape index (κ1) is 20.6. The monoisotopic (exact) mass is 414 g/mol. The van der Waals surface area contributed by atoms with Gasteiger partial charge in [0.15, 0.2) is 5.96 Å². The smallest absolute Gasteiger partial charge is 0.252 e. The van der Waals surface area contributed by atoms with Gasteiger partial charge in [-0.25, -0.2) is 13.4 Å². The van der Waals surface area contributed by atoms with Gasteiger partial charge in [0.25, 0.3) is 10.0 Å². The summed E-state index contributed by atoms with van der Waals surface area (Å²) in [5.41, 5.74) is 0. The van der Waals surface area contributed by atoms with Gasteiger partial charge in [-0.1, -0.05) is 6.92 Å². The lowest BCUT2D eigenvalue weighted by Gasteiger charge is -2.33. The van der Waals surface area contributed by atoms with Crippen molar-refractivity contribution in [3.63, 3.8) is 0 Å². The second kappa shape index (κ2) is 9.36. The lowest BCUT2D eigenvalue weighted by molar-refractivity contribution is 0.0731. The van der Waals surface area contributed by atoms with Gasteiger partial charge in [0.05, 0.1) is 19.8 Å². The number of sulfonamides is 1. The van der Waals surface area contributed by atoms with Gasteiger partial charge >= 0.3 is 0 Å². The fourth-order valence-corrected chi connectivity index (χ4v) is 6.30. The number of aliphatic imine (C=N–C) groups is 1. The second-order valence-corrected chi connectivity index (χ2v) is 10.4. The highest BCUT2D eigenvalue weighted by Crippen LogP contribution is 2.26. The first-order valence-electron chi connectivity index (χ1n) is 9.70. The molecule has 2 saturated heterocycles. The van der Waals surface area contributed by atoms with E-state index in [4.69, 9.17) is 9.73 Å². The molecule has 1 unspecified atom stereocenters. The molecule has 0 radical (unpaired) electrons. The molecule has 3 rings (SSSR count). The number of hydrogen-bond donors (Lipinski definition) is 1. The van der Waals surface area contributed by atoms with E-state index in [1.165, 1.54) is 28.5 Å². The molecule has 0 saturated carbocycles. The Bertz CT molecular complexity index is 742. The summed E-state index contributed by atoms with van der Waals surface area (Å²) in [6, 6.07) is 3.58. The molecule has 2 fully saturated rings. The summed E-state index contributed by atoms with van der Waals surface area (Å²) in [5.74, 6) is 1.60. The van der Waals surface area contributed by atoms with Gasteiger partial charge in [0, 0.05) is 37.6 Å². The molecule has 0 amide bonds.